The fourth-order valence-corrected chi connectivity index (χ4v) is 17.8. The normalized spacial score (nSPS) is 12.1. The summed E-state index contributed by atoms with van der Waals surface area (Å²) in [6, 6.07) is 103. The average molecular weight is 1290 g/mol. The third kappa shape index (κ3) is 8.00. The van der Waals surface area contributed by atoms with E-state index in [2.05, 4.69) is 276 Å². The second-order valence-corrected chi connectivity index (χ2v) is 27.3. The van der Waals surface area contributed by atoms with Crippen molar-refractivity contribution in [1.29, 1.82) is 0 Å². The van der Waals surface area contributed by atoms with E-state index < -0.39 is 0 Å². The Morgan fingerprint density at radius 1 is 0.296 bits per heavy atom. The quantitative estimate of drug-likeness (QED) is 0.142. The monoisotopic (exact) mass is 1280 g/mol. The van der Waals surface area contributed by atoms with Gasteiger partial charge in [-0.25, -0.2) is 19.8 Å². The van der Waals surface area contributed by atoms with Gasteiger partial charge in [-0.3, -0.25) is 0 Å². The lowest BCUT2D eigenvalue weighted by molar-refractivity contribution is 0.672. The molecule has 98 heavy (non-hydrogen) atoms. The summed E-state index contributed by atoms with van der Waals surface area (Å²) >= 11 is 3.53. The third-order valence-corrected chi connectivity index (χ3v) is 22.1. The number of benzene rings is 14. The lowest BCUT2D eigenvalue weighted by atomic mass is 9.93. The molecule has 8 nitrogen and oxygen atoms in total. The van der Waals surface area contributed by atoms with Crippen LogP contribution in [0.5, 0.6) is 0 Å². The van der Waals surface area contributed by atoms with Crippen molar-refractivity contribution in [3.8, 4) is 78.9 Å². The molecule has 0 aliphatic rings. The molecule has 0 unspecified atom stereocenters. The van der Waals surface area contributed by atoms with Gasteiger partial charge in [0, 0.05) is 94.9 Å². The Labute approximate surface area is 566 Å². The van der Waals surface area contributed by atoms with Gasteiger partial charge in [-0.15, -0.1) is 22.7 Å². The van der Waals surface area contributed by atoms with Gasteiger partial charge in [0.2, 0.25) is 5.69 Å². The minimum Gasteiger partial charge on any atom is -0.455 e. The van der Waals surface area contributed by atoms with Crippen molar-refractivity contribution >= 4 is 156 Å². The van der Waals surface area contributed by atoms with Gasteiger partial charge in [-0.2, -0.15) is 0 Å². The fourth-order valence-electron chi connectivity index (χ4n) is 15.6. The molecule has 0 atom stereocenters. The van der Waals surface area contributed by atoms with Crippen molar-refractivity contribution in [2.45, 2.75) is 0 Å². The van der Waals surface area contributed by atoms with Crippen LogP contribution >= 0.6 is 22.7 Å². The number of para-hydroxylation sites is 2. The van der Waals surface area contributed by atoms with Gasteiger partial charge in [0.05, 0.1) is 50.8 Å². The van der Waals surface area contributed by atoms with Crippen LogP contribution in [-0.4, -0.2) is 24.1 Å². The zero-order chi connectivity index (χ0) is 64.3. The molecule has 454 valence electrons. The predicted molar refractivity (Wildman–Crippen MR) is 408 cm³/mol. The first kappa shape index (κ1) is 54.6. The molecule has 0 spiro atoms. The number of aromatic nitrogens is 5. The highest BCUT2D eigenvalue weighted by atomic mass is 32.1. The molecule has 0 bridgehead atoms. The molecular formula is C88H48N6O2S2. The van der Waals surface area contributed by atoms with Gasteiger partial charge in [0.15, 0.2) is 17.5 Å². The smallest absolute Gasteiger partial charge is 0.213 e. The zero-order valence-electron chi connectivity index (χ0n) is 52.0. The van der Waals surface area contributed by atoms with Crippen LogP contribution < -0.4 is 0 Å². The molecule has 0 aliphatic heterocycles. The highest BCUT2D eigenvalue weighted by Crippen LogP contribution is 2.53. The summed E-state index contributed by atoms with van der Waals surface area (Å²) in [5, 5.41) is 12.3. The Kier molecular flexibility index (Phi) is 11.8. The molecule has 7 heterocycles. The highest BCUT2D eigenvalue weighted by molar-refractivity contribution is 7.26. The van der Waals surface area contributed by atoms with E-state index in [1.54, 1.807) is 22.7 Å². The molecular weight excluding hydrogens is 1240 g/mol. The minimum absolute atomic E-state index is 0.381. The topological polar surface area (TPSA) is 79.2 Å². The lowest BCUT2D eigenvalue weighted by Gasteiger charge is -2.25. The first-order valence-electron chi connectivity index (χ1n) is 32.7. The second kappa shape index (κ2) is 21.1. The van der Waals surface area contributed by atoms with Gasteiger partial charge in [0.25, 0.3) is 0 Å². The Balaban J connectivity index is 0.969. The van der Waals surface area contributed by atoms with Crippen molar-refractivity contribution in [2.24, 2.45) is 0 Å². The van der Waals surface area contributed by atoms with E-state index >= 15 is 0 Å². The summed E-state index contributed by atoms with van der Waals surface area (Å²) in [6.07, 6.45) is 0. The summed E-state index contributed by atoms with van der Waals surface area (Å²) in [6.45, 7) is 9.90. The van der Waals surface area contributed by atoms with Gasteiger partial charge >= 0.3 is 0 Å². The number of hydrogen-bond acceptors (Lipinski definition) is 7. The number of furan rings is 2. The molecule has 0 radical (unpaired) electrons. The van der Waals surface area contributed by atoms with Crippen LogP contribution in [0.25, 0.3) is 212 Å². The van der Waals surface area contributed by atoms with Crippen LogP contribution in [0.2, 0.25) is 0 Å². The van der Waals surface area contributed by atoms with Crippen LogP contribution in [0.4, 0.5) is 5.69 Å². The van der Waals surface area contributed by atoms with Crippen LogP contribution in [-0.2, 0) is 0 Å². The molecule has 0 fully saturated rings. The van der Waals surface area contributed by atoms with Gasteiger partial charge < -0.3 is 18.0 Å². The Morgan fingerprint density at radius 2 is 0.704 bits per heavy atom. The van der Waals surface area contributed by atoms with E-state index in [4.69, 9.17) is 28.6 Å². The number of hydrogen-bond donors (Lipinski definition) is 0. The van der Waals surface area contributed by atoms with Crippen LogP contribution in [0.15, 0.2) is 300 Å². The maximum atomic E-state index is 9.90. The maximum Gasteiger partial charge on any atom is 0.213 e. The molecule has 0 saturated heterocycles. The maximum absolute atomic E-state index is 9.90. The summed E-state index contributed by atoms with van der Waals surface area (Å²) < 4.78 is 23.6. The van der Waals surface area contributed by atoms with E-state index in [0.29, 0.717) is 34.4 Å². The third-order valence-electron chi connectivity index (χ3n) is 19.8. The summed E-state index contributed by atoms with van der Waals surface area (Å²) in [5.41, 5.74) is 16.9. The molecule has 14 aromatic carbocycles. The van der Waals surface area contributed by atoms with E-state index in [0.717, 1.165) is 169 Å². The first-order valence-corrected chi connectivity index (χ1v) is 34.3. The standard InChI is InChI=1S/C88H48N6O2S2/c1-89-66-49-65(88-91-86(61-31-19-37-75-78(61)59-29-13-17-35-73(59)97-75)90-87(92-88)62-32-20-38-76-79(62)60-30-14-18-36-74(60)98-76)77(52-25-9-4-10-26-52)83(94-68-44-40-54(51-23-7-3-8-24-51)48-64(68)81-70(94)46-42-58-56-28-12-16-34-72(56)96-85(58)81)82(66)93-67-43-39-53(50-21-5-2-6-22-50)47-63(67)80-69(93)45-41-57-55-27-11-15-33-71(55)95-84(57)80/h2-49H. The number of rotatable bonds is 8. The molecule has 7 aromatic heterocycles. The van der Waals surface area contributed by atoms with Crippen molar-refractivity contribution in [2.75, 3.05) is 0 Å². The summed E-state index contributed by atoms with van der Waals surface area (Å²) in [5.74, 6) is 1.46. The Morgan fingerprint density at radius 3 is 1.19 bits per heavy atom. The summed E-state index contributed by atoms with van der Waals surface area (Å²) in [7, 11) is 0. The lowest BCUT2D eigenvalue weighted by Crippen LogP contribution is -2.09. The molecule has 21 rings (SSSR count). The summed E-state index contributed by atoms with van der Waals surface area (Å²) in [4.78, 5) is 22.1. The minimum atomic E-state index is 0.381. The molecule has 0 aliphatic carbocycles. The van der Waals surface area contributed by atoms with E-state index in [-0.39, 0.29) is 0 Å². The second-order valence-electron chi connectivity index (χ2n) is 25.1. The fraction of sp³-hybridized carbons (Fsp3) is 0. The Hall–Kier alpha value is -12.8. The van der Waals surface area contributed by atoms with Gasteiger partial charge in [0.1, 0.15) is 22.3 Å². The predicted octanol–water partition coefficient (Wildman–Crippen LogP) is 25.2. The van der Waals surface area contributed by atoms with Crippen molar-refractivity contribution in [3.63, 3.8) is 0 Å². The number of nitrogens with zero attached hydrogens (tertiary/aromatic N) is 6. The number of thiophene rings is 2. The van der Waals surface area contributed by atoms with Crippen molar-refractivity contribution < 1.29 is 8.83 Å². The van der Waals surface area contributed by atoms with Crippen LogP contribution in [0.1, 0.15) is 0 Å². The van der Waals surface area contributed by atoms with Gasteiger partial charge in [-0.1, -0.05) is 200 Å². The molecule has 10 heteroatoms. The first-order chi connectivity index (χ1) is 48.6. The van der Waals surface area contributed by atoms with E-state index in [1.165, 1.54) is 9.40 Å². The molecule has 0 N–H and O–H groups in total. The molecule has 0 saturated carbocycles. The average Bonchev–Trinajstić information content (AvgIpc) is 1.53. The van der Waals surface area contributed by atoms with Crippen molar-refractivity contribution in [1.82, 2.24) is 24.1 Å². The zero-order valence-corrected chi connectivity index (χ0v) is 53.7. The highest BCUT2D eigenvalue weighted by Gasteiger charge is 2.32. The molecule has 21 aromatic rings. The van der Waals surface area contributed by atoms with Gasteiger partial charge in [-0.05, 0) is 119 Å². The molecule has 0 amide bonds. The van der Waals surface area contributed by atoms with Crippen LogP contribution in [0, 0.1) is 6.57 Å². The number of fused-ring (bicyclic) bond motifs is 20. The van der Waals surface area contributed by atoms with E-state index in [1.807, 2.05) is 24.3 Å². The van der Waals surface area contributed by atoms with Crippen LogP contribution in [0.3, 0.4) is 0 Å². The SMILES string of the molecule is [C-]#[N+]c1cc(-c2nc(-c3cccc4sc5ccccc5c34)nc(-c3cccc4sc5ccccc5c34)n2)c(-c2ccccc2)c(-n2c3ccc(-c4ccccc4)cc3c3c4oc5ccccc5c4ccc32)c1-n1c2ccc(-c3ccccc3)cc2c2c3oc4ccccc4c3ccc21. The van der Waals surface area contributed by atoms with Crippen molar-refractivity contribution in [3.05, 3.63) is 303 Å². The Bertz CT molecular complexity index is 6870. The largest absolute Gasteiger partial charge is 0.455 e. The van der Waals surface area contributed by atoms with E-state index in [9.17, 15) is 6.57 Å².